The zero-order valence-corrected chi connectivity index (χ0v) is 22.1. The van der Waals surface area contributed by atoms with Crippen molar-refractivity contribution in [2.45, 2.75) is 6.61 Å². The highest BCUT2D eigenvalue weighted by molar-refractivity contribution is 8.18. The fraction of sp³-hybridized carbons (Fsp3) is 0.0800. The maximum atomic E-state index is 12.8. The van der Waals surface area contributed by atoms with Crippen LogP contribution in [-0.2, 0) is 16.2 Å². The molecule has 1 aliphatic rings. The molecule has 3 amide bonds. The van der Waals surface area contributed by atoms with E-state index in [-0.39, 0.29) is 27.3 Å². The normalized spacial score (nSPS) is 14.4. The van der Waals surface area contributed by atoms with Crippen molar-refractivity contribution in [1.29, 1.82) is 0 Å². The number of para-hydroxylation sites is 1. The summed E-state index contributed by atoms with van der Waals surface area (Å²) in [7, 11) is 0. The first-order valence-corrected chi connectivity index (χ1v) is 12.7. The molecule has 1 fully saturated rings. The summed E-state index contributed by atoms with van der Waals surface area (Å²) in [6, 6.07) is 16.9. The zero-order valence-electron chi connectivity index (χ0n) is 18.3. The minimum Gasteiger partial charge on any atom is -0.486 e. The summed E-state index contributed by atoms with van der Waals surface area (Å²) >= 11 is 25.6. The molecule has 0 radical (unpaired) electrons. The van der Waals surface area contributed by atoms with Crippen LogP contribution in [0.2, 0.25) is 20.1 Å². The van der Waals surface area contributed by atoms with Gasteiger partial charge in [0, 0.05) is 21.3 Å². The first-order chi connectivity index (χ1) is 17.2. The average molecular weight is 582 g/mol. The number of thioether (sulfide) groups is 1. The molecule has 0 unspecified atom stereocenters. The Hall–Kier alpha value is -2.68. The molecule has 3 aromatic rings. The average Bonchev–Trinajstić information content (AvgIpc) is 3.07. The number of carbonyl (C=O) groups is 3. The fourth-order valence-corrected chi connectivity index (χ4v) is 5.16. The molecule has 184 valence electrons. The van der Waals surface area contributed by atoms with Gasteiger partial charge < -0.3 is 10.1 Å². The summed E-state index contributed by atoms with van der Waals surface area (Å²) in [4.78, 5) is 38.5. The molecule has 6 nitrogen and oxygen atoms in total. The van der Waals surface area contributed by atoms with E-state index in [0.717, 1.165) is 16.7 Å². The van der Waals surface area contributed by atoms with Crippen molar-refractivity contribution in [3.05, 3.63) is 96.8 Å². The van der Waals surface area contributed by atoms with Crippen molar-refractivity contribution in [3.8, 4) is 5.75 Å². The Morgan fingerprint density at radius 3 is 2.31 bits per heavy atom. The number of amides is 3. The van der Waals surface area contributed by atoms with Crippen LogP contribution in [0, 0.1) is 0 Å². The monoisotopic (exact) mass is 580 g/mol. The number of halogens is 4. The lowest BCUT2D eigenvalue weighted by Gasteiger charge is -2.13. The molecule has 1 aliphatic heterocycles. The van der Waals surface area contributed by atoms with Crippen molar-refractivity contribution in [3.63, 3.8) is 0 Å². The molecule has 0 atom stereocenters. The van der Waals surface area contributed by atoms with Crippen LogP contribution < -0.4 is 10.1 Å². The van der Waals surface area contributed by atoms with Crippen LogP contribution in [0.4, 0.5) is 10.5 Å². The molecule has 0 aliphatic carbocycles. The predicted octanol–water partition coefficient (Wildman–Crippen LogP) is 7.55. The Morgan fingerprint density at radius 2 is 1.64 bits per heavy atom. The second-order valence-corrected chi connectivity index (χ2v) is 10.2. The lowest BCUT2D eigenvalue weighted by atomic mass is 10.2. The van der Waals surface area contributed by atoms with Crippen LogP contribution in [0.25, 0.3) is 6.08 Å². The Labute approximate surface area is 231 Å². The highest BCUT2D eigenvalue weighted by Gasteiger charge is 2.36. The van der Waals surface area contributed by atoms with Gasteiger partial charge in [-0.3, -0.25) is 19.3 Å². The second kappa shape index (κ2) is 11.6. The number of nitrogens with one attached hydrogen (secondary N) is 1. The fourth-order valence-electron chi connectivity index (χ4n) is 3.24. The van der Waals surface area contributed by atoms with Crippen molar-refractivity contribution >= 4 is 87.0 Å². The highest BCUT2D eigenvalue weighted by atomic mass is 35.5. The number of benzene rings is 3. The molecular weight excluding hydrogens is 566 g/mol. The maximum Gasteiger partial charge on any atom is 0.294 e. The van der Waals surface area contributed by atoms with E-state index in [9.17, 15) is 14.4 Å². The maximum absolute atomic E-state index is 12.8. The van der Waals surface area contributed by atoms with Crippen LogP contribution >= 0.6 is 58.2 Å². The van der Waals surface area contributed by atoms with Gasteiger partial charge in [-0.25, -0.2) is 0 Å². The highest BCUT2D eigenvalue weighted by Crippen LogP contribution is 2.38. The summed E-state index contributed by atoms with van der Waals surface area (Å²) in [5, 5.41) is 3.46. The van der Waals surface area contributed by atoms with Crippen molar-refractivity contribution in [2.24, 2.45) is 0 Å². The van der Waals surface area contributed by atoms with E-state index in [1.807, 2.05) is 6.07 Å². The zero-order chi connectivity index (χ0) is 25.8. The largest absolute Gasteiger partial charge is 0.486 e. The number of imide groups is 1. The lowest BCUT2D eigenvalue weighted by Crippen LogP contribution is -2.36. The SMILES string of the molecule is O=C(CN1C(=O)S/C(=C\c2cc(Cl)c(OCc3ccc(Cl)cc3Cl)c(Cl)c2)C1=O)Nc1ccccc1. The van der Waals surface area contributed by atoms with Gasteiger partial charge in [-0.2, -0.15) is 0 Å². The Morgan fingerprint density at radius 1 is 0.944 bits per heavy atom. The summed E-state index contributed by atoms with van der Waals surface area (Å²) in [6.45, 7) is -0.294. The molecule has 11 heteroatoms. The third-order valence-electron chi connectivity index (χ3n) is 4.94. The van der Waals surface area contributed by atoms with E-state index in [1.54, 1.807) is 54.6 Å². The number of carbonyl (C=O) groups excluding carboxylic acids is 3. The third kappa shape index (κ3) is 6.35. The molecule has 0 aromatic heterocycles. The van der Waals surface area contributed by atoms with Gasteiger partial charge in [0.2, 0.25) is 5.91 Å². The van der Waals surface area contributed by atoms with Gasteiger partial charge in [-0.1, -0.05) is 70.7 Å². The molecule has 3 aromatic carbocycles. The molecule has 0 bridgehead atoms. The number of nitrogens with zero attached hydrogens (tertiary/aromatic N) is 1. The Bertz CT molecular complexity index is 1360. The van der Waals surface area contributed by atoms with E-state index in [1.165, 1.54) is 6.08 Å². The van der Waals surface area contributed by atoms with Gasteiger partial charge >= 0.3 is 0 Å². The lowest BCUT2D eigenvalue weighted by molar-refractivity contribution is -0.127. The number of hydrogen-bond donors (Lipinski definition) is 1. The first kappa shape index (κ1) is 26.4. The quantitative estimate of drug-likeness (QED) is 0.291. The molecule has 1 N–H and O–H groups in total. The minimum absolute atomic E-state index is 0.110. The number of hydrogen-bond acceptors (Lipinski definition) is 5. The van der Waals surface area contributed by atoms with Gasteiger partial charge in [0.15, 0.2) is 5.75 Å². The Kier molecular flexibility index (Phi) is 8.49. The molecule has 0 saturated carbocycles. The number of rotatable bonds is 7. The van der Waals surface area contributed by atoms with Gasteiger partial charge in [0.1, 0.15) is 13.2 Å². The molecule has 1 heterocycles. The van der Waals surface area contributed by atoms with Gasteiger partial charge in [0.25, 0.3) is 11.1 Å². The predicted molar refractivity (Wildman–Crippen MR) is 145 cm³/mol. The van der Waals surface area contributed by atoms with Crippen molar-refractivity contribution < 1.29 is 19.1 Å². The molecule has 36 heavy (non-hydrogen) atoms. The van der Waals surface area contributed by atoms with Gasteiger partial charge in [-0.05, 0) is 59.8 Å². The van der Waals surface area contributed by atoms with E-state index in [4.69, 9.17) is 51.1 Å². The summed E-state index contributed by atoms with van der Waals surface area (Å²) in [5.41, 5.74) is 1.75. The van der Waals surface area contributed by atoms with Crippen molar-refractivity contribution in [2.75, 3.05) is 11.9 Å². The van der Waals surface area contributed by atoms with Crippen LogP contribution in [-0.4, -0.2) is 28.5 Å². The Balaban J connectivity index is 1.45. The van der Waals surface area contributed by atoms with Crippen molar-refractivity contribution in [1.82, 2.24) is 4.90 Å². The van der Waals surface area contributed by atoms with E-state index >= 15 is 0 Å². The first-order valence-electron chi connectivity index (χ1n) is 10.4. The molecule has 4 rings (SSSR count). The summed E-state index contributed by atoms with van der Waals surface area (Å²) in [5.74, 6) is -0.830. The summed E-state index contributed by atoms with van der Waals surface area (Å²) < 4.78 is 5.76. The number of ether oxygens (including phenoxy) is 1. The minimum atomic E-state index is -0.585. The van der Waals surface area contributed by atoms with E-state index < -0.39 is 23.6 Å². The van der Waals surface area contributed by atoms with Crippen LogP contribution in [0.15, 0.2) is 65.6 Å². The number of anilines is 1. The van der Waals surface area contributed by atoms with Gasteiger partial charge in [-0.15, -0.1) is 0 Å². The molecular formula is C25H16Cl4N2O4S. The molecule has 1 saturated heterocycles. The second-order valence-electron chi connectivity index (χ2n) is 7.52. The third-order valence-corrected chi connectivity index (χ3v) is 6.99. The van der Waals surface area contributed by atoms with Crippen LogP contribution in [0.3, 0.4) is 0 Å². The smallest absolute Gasteiger partial charge is 0.294 e. The van der Waals surface area contributed by atoms with Crippen LogP contribution in [0.5, 0.6) is 5.75 Å². The standard InChI is InChI=1S/C25H16Cl4N2O4S/c26-16-7-6-15(18(27)11-16)13-35-23-19(28)8-14(9-20(23)29)10-21-24(33)31(25(34)36-21)12-22(32)30-17-4-2-1-3-5-17/h1-11H,12-13H2,(H,30,32)/b21-10-. The van der Waals surface area contributed by atoms with E-state index in [0.29, 0.717) is 26.9 Å². The summed E-state index contributed by atoms with van der Waals surface area (Å²) in [6.07, 6.45) is 1.48. The topological polar surface area (TPSA) is 75.7 Å². The van der Waals surface area contributed by atoms with Gasteiger partial charge in [0.05, 0.1) is 15.0 Å². The van der Waals surface area contributed by atoms with Crippen LogP contribution in [0.1, 0.15) is 11.1 Å². The molecule has 0 spiro atoms. The van der Waals surface area contributed by atoms with E-state index in [2.05, 4.69) is 5.32 Å².